The third-order valence-corrected chi connectivity index (χ3v) is 16.5. The SMILES string of the molecule is CC(C)[O-].CNc1nc(N)ncc1Br.CNc1nc(Nc2cnc(C#N)c(OC3CCCCC3)c2)ncc1-c1nc(C)cs1.CNc1nc(Nc2cnc(C#N)c(OC3CCCN(C(=O)OC(C)(C)C)C3)c2)ncc1Br.Cc1csc(B(OC(C)C)OC(C)C)n1.Cc1cscn1.[Li+]. The number of nitrogens with two attached hydrogens (primary N) is 1. The van der Waals surface area contributed by atoms with Crippen LogP contribution in [0.4, 0.5) is 51.5 Å². The van der Waals surface area contributed by atoms with Crippen LogP contribution in [0.2, 0.25) is 0 Å². The van der Waals surface area contributed by atoms with Gasteiger partial charge in [-0.15, -0.1) is 40.1 Å². The molecule has 1 amide bonds. The fourth-order valence-corrected chi connectivity index (χ4v) is 11.4. The third kappa shape index (κ3) is 29.6. The van der Waals surface area contributed by atoms with Crippen molar-refractivity contribution in [2.45, 2.75) is 164 Å². The number of likely N-dealkylation sites (tertiary alicyclic amines) is 1. The quantitative estimate of drug-likeness (QED) is 0.0462. The van der Waals surface area contributed by atoms with E-state index in [0.29, 0.717) is 65.3 Å². The predicted molar refractivity (Wildman–Crippen MR) is 390 cm³/mol. The molecule has 8 aromatic rings. The molecule has 2 aliphatic rings. The molecule has 520 valence electrons. The second-order valence-electron chi connectivity index (χ2n) is 23.3. The second kappa shape index (κ2) is 42.5. The number of nitriles is 2. The maximum atomic E-state index is 12.4. The molecule has 0 radical (unpaired) electrons. The minimum atomic E-state index is -0.564. The van der Waals surface area contributed by atoms with E-state index in [4.69, 9.17) is 29.3 Å². The number of piperidine rings is 1. The maximum Gasteiger partial charge on any atom is 1.00 e. The number of carbonyl (C=O) groups excluding carboxylic acids is 1. The van der Waals surface area contributed by atoms with Gasteiger partial charge in [0.15, 0.2) is 22.9 Å². The first-order valence-corrected chi connectivity index (χ1v) is 35.5. The Morgan fingerprint density at radius 3 is 1.64 bits per heavy atom. The number of carbonyl (C=O) groups is 1. The molecule has 1 aliphatic carbocycles. The second-order valence-corrected chi connectivity index (χ2v) is 27.5. The molecule has 1 atom stereocenters. The number of aryl methyl sites for hydroxylation is 3. The Morgan fingerprint density at radius 1 is 0.673 bits per heavy atom. The van der Waals surface area contributed by atoms with Gasteiger partial charge in [-0.1, -0.05) is 20.3 Å². The molecule has 1 saturated heterocycles. The van der Waals surface area contributed by atoms with Crippen LogP contribution < -0.4 is 70.7 Å². The van der Waals surface area contributed by atoms with E-state index < -0.39 is 11.7 Å². The summed E-state index contributed by atoms with van der Waals surface area (Å²) in [7, 11) is 5.02. The Balaban J connectivity index is 0.000000281. The summed E-state index contributed by atoms with van der Waals surface area (Å²) in [4.78, 5) is 61.5. The Morgan fingerprint density at radius 2 is 1.18 bits per heavy atom. The first kappa shape index (κ1) is 83.0. The number of hydrogen-bond acceptors (Lipinski definition) is 29. The van der Waals surface area contributed by atoms with Crippen molar-refractivity contribution in [3.63, 3.8) is 0 Å². The molecular formula is C64H86BBr2LiN20O7S3. The molecule has 0 aromatic carbocycles. The number of amides is 1. The van der Waals surface area contributed by atoms with Gasteiger partial charge in [0.05, 0.1) is 56.4 Å². The van der Waals surface area contributed by atoms with Gasteiger partial charge in [0.2, 0.25) is 17.8 Å². The molecule has 7 N–H and O–H groups in total. The smallest absolute Gasteiger partial charge is 0.852 e. The van der Waals surface area contributed by atoms with E-state index in [9.17, 15) is 20.4 Å². The van der Waals surface area contributed by atoms with Gasteiger partial charge >= 0.3 is 32.1 Å². The van der Waals surface area contributed by atoms with Crippen molar-refractivity contribution in [3.05, 3.63) is 102 Å². The topological polar surface area (TPSA) is 365 Å². The standard InChI is InChI=1S/C21H26BrN7O3.C21H23N7OS.C10H18BNO2S.C5H7BrN4.C4H5NS.C3H7O.Li/c1-21(2,3)32-20(30)29-7-5-6-14(12-29)31-17-8-13(10-25-16(17)9-23)27-19-26-11-15(22)18(24-4)28-19;1-13-12-30-20(26-13)16-11-25-21(28-19(16)23-2)27-14-8-18(17(9-22)24-10-14)29-15-6-4-3-5-7-15;1-7(2)13-11(14-8(3)4)10-12-9(5)6-15-10;1-8-4-3(6)2-9-5(7)10-4;1-4-2-6-3-5-4;1-3(2)4;/h8,10-11,14H,5-7,12H2,1-4H3,(H2,24,26,27,28);8,10-12,15H,3-7H2,1-2H3,(H2,23,25,27,28);6-8H,1-5H3;2H,1H3,(H3,7,8,9,10);2-3H,1H3;3H,1-2H3;/q;;;;;-1;+1. The predicted octanol–water partition coefficient (Wildman–Crippen LogP) is 9.81. The molecule has 1 aliphatic heterocycles. The Bertz CT molecular complexity index is 3790. The molecule has 2 fully saturated rings. The number of ether oxygens (including phenoxy) is 3. The molecule has 98 heavy (non-hydrogen) atoms. The van der Waals surface area contributed by atoms with E-state index in [1.165, 1.54) is 12.6 Å². The van der Waals surface area contributed by atoms with Gasteiger partial charge in [-0.3, -0.25) is 9.97 Å². The third-order valence-electron chi connectivity index (χ3n) is 12.6. The van der Waals surface area contributed by atoms with Crippen LogP contribution in [0.25, 0.3) is 10.6 Å². The first-order valence-electron chi connectivity index (χ1n) is 31.2. The van der Waals surface area contributed by atoms with Crippen LogP contribution in [0.15, 0.2) is 73.7 Å². The summed E-state index contributed by atoms with van der Waals surface area (Å²) in [6.45, 7) is 23.6. The van der Waals surface area contributed by atoms with Crippen LogP contribution in [0.5, 0.6) is 11.5 Å². The van der Waals surface area contributed by atoms with Crippen molar-refractivity contribution in [3.8, 4) is 34.2 Å². The van der Waals surface area contributed by atoms with Crippen molar-refractivity contribution in [2.75, 3.05) is 66.6 Å². The number of halogens is 2. The molecule has 9 heterocycles. The number of thiazole rings is 3. The molecule has 1 saturated carbocycles. The normalized spacial score (nSPS) is 13.2. The Kier molecular flexibility index (Phi) is 36.0. The first-order chi connectivity index (χ1) is 46.2. The molecule has 10 rings (SSSR count). The molecule has 1 unspecified atom stereocenters. The van der Waals surface area contributed by atoms with Gasteiger partial charge in [0.1, 0.15) is 51.2 Å². The zero-order chi connectivity index (χ0) is 71.2. The average molecular weight is 1520 g/mol. The summed E-state index contributed by atoms with van der Waals surface area (Å²) < 4.78 is 30.6. The largest absolute Gasteiger partial charge is 1.00 e. The van der Waals surface area contributed by atoms with Crippen LogP contribution in [0, 0.1) is 43.4 Å². The number of pyridine rings is 2. The molecule has 0 bridgehead atoms. The number of nitrogens with one attached hydrogen (secondary N) is 5. The van der Waals surface area contributed by atoms with Gasteiger partial charge in [-0.2, -0.15) is 25.5 Å². The van der Waals surface area contributed by atoms with Crippen LogP contribution in [0.3, 0.4) is 0 Å². The number of rotatable bonds is 17. The van der Waals surface area contributed by atoms with E-state index in [0.717, 1.165) is 80.0 Å². The molecule has 27 nitrogen and oxygen atoms in total. The summed E-state index contributed by atoms with van der Waals surface area (Å²) in [5.74, 6) is 3.90. The van der Waals surface area contributed by atoms with E-state index in [1.54, 1.807) is 104 Å². The van der Waals surface area contributed by atoms with Gasteiger partial charge in [-0.25, -0.2) is 34.7 Å². The van der Waals surface area contributed by atoms with Crippen LogP contribution in [-0.4, -0.2) is 143 Å². The average Bonchev–Trinajstić information content (AvgIpc) is 1.30. The summed E-state index contributed by atoms with van der Waals surface area (Å²) in [5.41, 5.74) is 12.2. The minimum Gasteiger partial charge on any atom is -0.852 e. The van der Waals surface area contributed by atoms with Crippen molar-refractivity contribution in [1.82, 2.24) is 59.7 Å². The summed E-state index contributed by atoms with van der Waals surface area (Å²) in [5, 5.41) is 50.4. The number of nitrogen functional groups attached to an aromatic ring is 1. The Hall–Kier alpha value is -7.42. The molecule has 0 spiro atoms. The monoisotopic (exact) mass is 1520 g/mol. The van der Waals surface area contributed by atoms with Crippen LogP contribution in [-0.2, 0) is 14.0 Å². The number of hydrogen-bond donors (Lipinski definition) is 6. The molecular weight excluding hydrogens is 1430 g/mol. The van der Waals surface area contributed by atoms with E-state index in [1.807, 2.05) is 97.9 Å². The van der Waals surface area contributed by atoms with Crippen LogP contribution >= 0.6 is 65.9 Å². The number of nitrogens with zero attached hydrogens (tertiary/aromatic N) is 14. The van der Waals surface area contributed by atoms with Crippen molar-refractivity contribution in [1.29, 1.82) is 10.5 Å². The van der Waals surface area contributed by atoms with Crippen molar-refractivity contribution >= 4 is 131 Å². The fourth-order valence-electron chi connectivity index (χ4n) is 8.52. The summed E-state index contributed by atoms with van der Waals surface area (Å²) >= 11 is 11.4. The maximum absolute atomic E-state index is 12.4. The van der Waals surface area contributed by atoms with Crippen molar-refractivity contribution < 1.29 is 52.3 Å². The van der Waals surface area contributed by atoms with Gasteiger partial charge in [-0.05, 0) is 140 Å². The zero-order valence-electron chi connectivity index (χ0n) is 58.4. The minimum absolute atomic E-state index is 0. The summed E-state index contributed by atoms with van der Waals surface area (Å²) in [6, 6.07) is 7.64. The van der Waals surface area contributed by atoms with Gasteiger partial charge < -0.3 is 65.8 Å². The molecule has 34 heteroatoms. The van der Waals surface area contributed by atoms with E-state index in [-0.39, 0.29) is 73.8 Å². The van der Waals surface area contributed by atoms with Gasteiger partial charge in [0.25, 0.3) is 0 Å². The fraction of sp³-hybridized carbons (Fsp3) is 0.469. The van der Waals surface area contributed by atoms with E-state index in [2.05, 4.69) is 125 Å². The van der Waals surface area contributed by atoms with Gasteiger partial charge in [0, 0.05) is 104 Å². The Labute approximate surface area is 615 Å². The van der Waals surface area contributed by atoms with E-state index >= 15 is 0 Å². The number of aromatic nitrogens is 11. The zero-order valence-corrected chi connectivity index (χ0v) is 64.0. The molecule has 8 aromatic heterocycles. The van der Waals surface area contributed by atoms with Crippen molar-refractivity contribution in [2.24, 2.45) is 0 Å². The van der Waals surface area contributed by atoms with Crippen LogP contribution in [0.1, 0.15) is 136 Å². The summed E-state index contributed by atoms with van der Waals surface area (Å²) in [6.07, 6.45) is 14.5. The number of anilines is 8.